The van der Waals surface area contributed by atoms with Gasteiger partial charge in [0, 0.05) is 5.56 Å². The number of aromatic nitrogens is 6. The van der Waals surface area contributed by atoms with Crippen LogP contribution in [0.2, 0.25) is 0 Å². The zero-order valence-corrected chi connectivity index (χ0v) is 13.9. The third-order valence-electron chi connectivity index (χ3n) is 3.20. The second kappa shape index (κ2) is 7.26. The highest BCUT2D eigenvalue weighted by Crippen LogP contribution is 2.27. The van der Waals surface area contributed by atoms with Crippen molar-refractivity contribution in [2.45, 2.75) is 0 Å². The van der Waals surface area contributed by atoms with Crippen LogP contribution in [0.1, 0.15) is 0 Å². The van der Waals surface area contributed by atoms with Crippen LogP contribution in [0.15, 0.2) is 55.2 Å². The second-order valence-corrected chi connectivity index (χ2v) is 5.85. The minimum atomic E-state index is -4.67. The van der Waals surface area contributed by atoms with E-state index in [0.29, 0.717) is 5.95 Å². The average molecular weight is 375 g/mol. The van der Waals surface area contributed by atoms with Crippen molar-refractivity contribution in [3.8, 4) is 11.1 Å². The minimum absolute atomic E-state index is 0.575. The fraction of sp³-hybridized carbons (Fsp3) is 0. The van der Waals surface area contributed by atoms with Gasteiger partial charge >= 0.3 is 10.4 Å². The molecule has 11 nitrogen and oxygen atoms in total. The third kappa shape index (κ3) is 4.38. The number of hydrogen-bond acceptors (Lipinski definition) is 7. The molecule has 0 unspecified atom stereocenters. The van der Waals surface area contributed by atoms with Crippen molar-refractivity contribution >= 4 is 27.7 Å². The molecule has 4 aromatic rings. The zero-order valence-electron chi connectivity index (χ0n) is 13.1. The molecule has 26 heavy (non-hydrogen) atoms. The van der Waals surface area contributed by atoms with E-state index < -0.39 is 10.4 Å². The maximum atomic E-state index is 8.74. The Morgan fingerprint density at radius 2 is 1.81 bits per heavy atom. The van der Waals surface area contributed by atoms with Crippen molar-refractivity contribution in [1.82, 2.24) is 29.8 Å². The van der Waals surface area contributed by atoms with Crippen LogP contribution in [0, 0.1) is 0 Å². The summed E-state index contributed by atoms with van der Waals surface area (Å²) in [7, 11) is -4.67. The molecule has 4 N–H and O–H groups in total. The highest BCUT2D eigenvalue weighted by molar-refractivity contribution is 7.79. The van der Waals surface area contributed by atoms with Gasteiger partial charge in [-0.25, -0.2) is 4.98 Å². The summed E-state index contributed by atoms with van der Waals surface area (Å²) in [6.07, 6.45) is 6.85. The van der Waals surface area contributed by atoms with Gasteiger partial charge in [0.05, 0.1) is 24.1 Å². The largest absolute Gasteiger partial charge is 0.394 e. The highest BCUT2D eigenvalue weighted by atomic mass is 32.3. The normalized spacial score (nSPS) is 11.0. The van der Waals surface area contributed by atoms with Crippen LogP contribution >= 0.6 is 0 Å². The monoisotopic (exact) mass is 375 g/mol. The molecule has 0 saturated carbocycles. The minimum Gasteiger partial charge on any atom is -0.308 e. The number of rotatable bonds is 3. The van der Waals surface area contributed by atoms with E-state index in [2.05, 4.69) is 30.7 Å². The first kappa shape index (κ1) is 17.5. The van der Waals surface area contributed by atoms with Crippen LogP contribution in [0.3, 0.4) is 0 Å². The molecule has 3 heterocycles. The lowest BCUT2D eigenvalue weighted by Gasteiger charge is -2.07. The van der Waals surface area contributed by atoms with E-state index in [1.54, 1.807) is 24.9 Å². The third-order valence-corrected chi connectivity index (χ3v) is 3.20. The number of nitrogens with one attached hydrogen (secondary N) is 2. The summed E-state index contributed by atoms with van der Waals surface area (Å²) in [6.45, 7) is 0. The molecule has 0 bridgehead atoms. The number of imidazole rings is 1. The molecule has 0 aliphatic carbocycles. The zero-order chi connectivity index (χ0) is 18.6. The predicted molar refractivity (Wildman–Crippen MR) is 92.3 cm³/mol. The van der Waals surface area contributed by atoms with E-state index in [1.165, 1.54) is 0 Å². The van der Waals surface area contributed by atoms with Gasteiger partial charge in [-0.1, -0.05) is 30.3 Å². The Hall–Kier alpha value is -3.35. The molecule has 0 spiro atoms. The second-order valence-electron chi connectivity index (χ2n) is 4.95. The fourth-order valence-electron chi connectivity index (χ4n) is 2.18. The van der Waals surface area contributed by atoms with Gasteiger partial charge in [-0.05, 0) is 5.56 Å². The molecule has 0 saturated heterocycles. The molecule has 0 aliphatic heterocycles. The van der Waals surface area contributed by atoms with E-state index in [-0.39, 0.29) is 0 Å². The number of anilines is 2. The molecule has 134 valence electrons. The van der Waals surface area contributed by atoms with Gasteiger partial charge in [-0.15, -0.1) is 5.10 Å². The first-order valence-electron chi connectivity index (χ1n) is 7.11. The number of hydrogen-bond donors (Lipinski definition) is 4. The number of benzene rings is 1. The van der Waals surface area contributed by atoms with Crippen molar-refractivity contribution in [1.29, 1.82) is 0 Å². The summed E-state index contributed by atoms with van der Waals surface area (Å²) in [4.78, 5) is 4.09. The first-order valence-corrected chi connectivity index (χ1v) is 8.51. The molecule has 4 rings (SSSR count). The molecular weight excluding hydrogens is 362 g/mol. The van der Waals surface area contributed by atoms with Gasteiger partial charge in [0.2, 0.25) is 5.95 Å². The van der Waals surface area contributed by atoms with Crippen molar-refractivity contribution in [2.75, 3.05) is 5.32 Å². The van der Waals surface area contributed by atoms with Gasteiger partial charge in [-0.3, -0.25) is 18.6 Å². The lowest BCUT2D eigenvalue weighted by molar-refractivity contribution is 0.381. The Morgan fingerprint density at radius 1 is 1.08 bits per heavy atom. The Balaban J connectivity index is 0.000000349. The summed E-state index contributed by atoms with van der Waals surface area (Å²) >= 11 is 0. The fourth-order valence-corrected chi connectivity index (χ4v) is 2.18. The lowest BCUT2D eigenvalue weighted by Crippen LogP contribution is -2.03. The topological polar surface area (TPSA) is 158 Å². The summed E-state index contributed by atoms with van der Waals surface area (Å²) in [6, 6.07) is 10.0. The van der Waals surface area contributed by atoms with Gasteiger partial charge in [0.15, 0.2) is 0 Å². The molecule has 0 atom stereocenters. The quantitative estimate of drug-likeness (QED) is 0.390. The Kier molecular flexibility index (Phi) is 4.88. The van der Waals surface area contributed by atoms with Gasteiger partial charge in [0.25, 0.3) is 0 Å². The van der Waals surface area contributed by atoms with Gasteiger partial charge in [0.1, 0.15) is 12.1 Å². The lowest BCUT2D eigenvalue weighted by atomic mass is 10.1. The van der Waals surface area contributed by atoms with Crippen LogP contribution in [0.4, 0.5) is 11.8 Å². The van der Waals surface area contributed by atoms with Crippen molar-refractivity contribution < 1.29 is 17.5 Å². The van der Waals surface area contributed by atoms with E-state index >= 15 is 0 Å². The van der Waals surface area contributed by atoms with E-state index in [1.807, 2.05) is 34.7 Å². The molecule has 12 heteroatoms. The number of nitrogens with zero attached hydrogens (tertiary/aromatic N) is 5. The van der Waals surface area contributed by atoms with Gasteiger partial charge < -0.3 is 5.32 Å². The highest BCUT2D eigenvalue weighted by Gasteiger charge is 2.10. The van der Waals surface area contributed by atoms with Crippen molar-refractivity contribution in [3.05, 3.63) is 55.2 Å². The summed E-state index contributed by atoms with van der Waals surface area (Å²) in [5.74, 6) is 1.34. The number of aromatic amines is 1. The Labute approximate surface area is 147 Å². The molecule has 0 aliphatic rings. The first-order chi connectivity index (χ1) is 12.4. The number of fused-ring (bicyclic) bond motifs is 1. The Bertz CT molecular complexity index is 1100. The van der Waals surface area contributed by atoms with E-state index in [0.717, 1.165) is 22.5 Å². The van der Waals surface area contributed by atoms with Crippen LogP contribution in [-0.2, 0) is 10.4 Å². The Morgan fingerprint density at radius 3 is 2.54 bits per heavy atom. The molecule has 0 fully saturated rings. The average Bonchev–Trinajstić information content (AvgIpc) is 3.23. The maximum Gasteiger partial charge on any atom is 0.394 e. The van der Waals surface area contributed by atoms with E-state index in [9.17, 15) is 0 Å². The standard InChI is InChI=1S/C14H11N7.H2O4S/c1-2-4-10(5-3-1)12-8-17-19-13(12)18-14-20-16-7-11-6-15-9-21(11)14;1-5(2,3)4/h1-9H,(H2,17,18,19,20);(H2,1,2,3,4). The molecule has 0 radical (unpaired) electrons. The SMILES string of the molecule is O=S(=O)(O)O.c1ccc(-c2cn[nH]c2Nc2nncc3cncn23)cc1. The van der Waals surface area contributed by atoms with Crippen LogP contribution in [0.5, 0.6) is 0 Å². The predicted octanol–water partition coefficient (Wildman–Crippen LogP) is 1.61. The van der Waals surface area contributed by atoms with Crippen LogP contribution in [0.25, 0.3) is 16.6 Å². The molecule has 0 amide bonds. The van der Waals surface area contributed by atoms with Crippen molar-refractivity contribution in [3.63, 3.8) is 0 Å². The maximum absolute atomic E-state index is 8.74. The molecular formula is C14H13N7O4S. The summed E-state index contributed by atoms with van der Waals surface area (Å²) < 4.78 is 33.4. The smallest absolute Gasteiger partial charge is 0.308 e. The van der Waals surface area contributed by atoms with Gasteiger partial charge in [-0.2, -0.15) is 18.6 Å². The van der Waals surface area contributed by atoms with Crippen LogP contribution < -0.4 is 5.32 Å². The van der Waals surface area contributed by atoms with E-state index in [4.69, 9.17) is 17.5 Å². The molecule has 1 aromatic carbocycles. The van der Waals surface area contributed by atoms with Crippen LogP contribution in [-0.4, -0.2) is 47.3 Å². The summed E-state index contributed by atoms with van der Waals surface area (Å²) in [5, 5.41) is 18.3. The molecule has 3 aromatic heterocycles. The van der Waals surface area contributed by atoms with Crippen molar-refractivity contribution in [2.24, 2.45) is 0 Å². The number of H-pyrrole nitrogens is 1. The summed E-state index contributed by atoms with van der Waals surface area (Å²) in [5.41, 5.74) is 2.90.